The first-order chi connectivity index (χ1) is 17.3. The van der Waals surface area contributed by atoms with Crippen molar-refractivity contribution in [1.82, 2.24) is 0 Å². The van der Waals surface area contributed by atoms with E-state index in [1.54, 1.807) is 0 Å². The maximum absolute atomic E-state index is 13.2. The van der Waals surface area contributed by atoms with Gasteiger partial charge in [-0.2, -0.15) is 0 Å². The number of phenolic OH excluding ortho intramolecular Hbond substituents is 3. The predicted molar refractivity (Wildman–Crippen MR) is 127 cm³/mol. The molecule has 2 aliphatic heterocycles. The topological polar surface area (TPSA) is 147 Å². The van der Waals surface area contributed by atoms with Gasteiger partial charge in [-0.3, -0.25) is 9.59 Å². The van der Waals surface area contributed by atoms with Crippen molar-refractivity contribution in [1.29, 1.82) is 0 Å². The molecule has 9 nitrogen and oxygen atoms in total. The van der Waals surface area contributed by atoms with Crippen LogP contribution in [0.5, 0.6) is 34.5 Å². The number of esters is 1. The Kier molecular flexibility index (Phi) is 4.68. The van der Waals surface area contributed by atoms with E-state index in [0.717, 1.165) is 23.3 Å². The first-order valence-electron chi connectivity index (χ1n) is 11.0. The Morgan fingerprint density at radius 2 is 1.67 bits per heavy atom. The molecule has 0 aliphatic carbocycles. The summed E-state index contributed by atoms with van der Waals surface area (Å²) in [5, 5.41) is 40.5. The molecule has 0 fully saturated rings. The van der Waals surface area contributed by atoms with Crippen LogP contribution < -0.4 is 14.9 Å². The summed E-state index contributed by atoms with van der Waals surface area (Å²) < 4.78 is 17.3. The summed E-state index contributed by atoms with van der Waals surface area (Å²) in [7, 11) is 0. The molecule has 0 radical (unpaired) electrons. The molecule has 180 valence electrons. The van der Waals surface area contributed by atoms with Gasteiger partial charge in [0.05, 0.1) is 6.42 Å². The summed E-state index contributed by atoms with van der Waals surface area (Å²) in [4.78, 5) is 25.7. The number of ether oxygens (including phenoxy) is 2. The van der Waals surface area contributed by atoms with Gasteiger partial charge in [-0.1, -0.05) is 18.2 Å². The molecular weight excluding hydrogens is 468 g/mol. The number of rotatable bonds is 2. The molecule has 4 aromatic rings. The number of phenols is 3. The van der Waals surface area contributed by atoms with Crippen LogP contribution in [-0.2, 0) is 4.79 Å². The average molecular weight is 486 g/mol. The van der Waals surface area contributed by atoms with Gasteiger partial charge in [0.2, 0.25) is 11.2 Å². The Morgan fingerprint density at radius 1 is 0.861 bits per heavy atom. The lowest BCUT2D eigenvalue weighted by Crippen LogP contribution is -2.25. The molecule has 0 spiro atoms. The summed E-state index contributed by atoms with van der Waals surface area (Å²) in [5.74, 6) is -2.90. The Bertz CT molecular complexity index is 1680. The smallest absolute Gasteiger partial charge is 0.312 e. The Morgan fingerprint density at radius 3 is 2.47 bits per heavy atom. The van der Waals surface area contributed by atoms with E-state index in [1.807, 2.05) is 30.3 Å². The highest BCUT2D eigenvalue weighted by atomic mass is 16.5. The third kappa shape index (κ3) is 3.24. The Labute approximate surface area is 202 Å². The summed E-state index contributed by atoms with van der Waals surface area (Å²) in [6.45, 7) is 0.178. The van der Waals surface area contributed by atoms with Crippen molar-refractivity contribution in [3.8, 4) is 45.8 Å². The second-order valence-electron chi connectivity index (χ2n) is 8.60. The lowest BCUT2D eigenvalue weighted by molar-refractivity contribution is -0.135. The molecule has 2 aliphatic rings. The van der Waals surface area contributed by atoms with Gasteiger partial charge in [-0.25, -0.2) is 0 Å². The number of benzene rings is 3. The number of carbonyl (C=O) groups excluding carboxylic acids is 1. The van der Waals surface area contributed by atoms with Crippen molar-refractivity contribution in [2.24, 2.45) is 0 Å². The van der Waals surface area contributed by atoms with Crippen molar-refractivity contribution < 1.29 is 39.1 Å². The third-order valence-electron chi connectivity index (χ3n) is 6.40. The molecule has 0 saturated heterocycles. The highest BCUT2D eigenvalue weighted by molar-refractivity contribution is 5.94. The fourth-order valence-electron chi connectivity index (χ4n) is 4.69. The van der Waals surface area contributed by atoms with Crippen LogP contribution in [-0.4, -0.2) is 33.0 Å². The van der Waals surface area contributed by atoms with Gasteiger partial charge in [0.1, 0.15) is 34.8 Å². The van der Waals surface area contributed by atoms with E-state index in [0.29, 0.717) is 11.3 Å². The molecule has 6 rings (SSSR count). The summed E-state index contributed by atoms with van der Waals surface area (Å²) in [6, 6.07) is 12.2. The second kappa shape index (κ2) is 7.81. The maximum atomic E-state index is 13.2. The molecule has 0 unspecified atom stereocenters. The molecule has 4 N–H and O–H groups in total. The summed E-state index contributed by atoms with van der Waals surface area (Å²) >= 11 is 0. The minimum atomic E-state index is -0.908. The first kappa shape index (κ1) is 21.6. The number of para-hydroxylation sites is 1. The zero-order valence-electron chi connectivity index (χ0n) is 18.5. The molecule has 36 heavy (non-hydrogen) atoms. The fraction of sp³-hybridized carbons (Fsp3) is 0.111. The summed E-state index contributed by atoms with van der Waals surface area (Å²) in [6.07, 6.45) is 1.84. The van der Waals surface area contributed by atoms with E-state index in [1.165, 1.54) is 12.1 Å². The molecule has 0 saturated carbocycles. The Hall–Kier alpha value is -4.92. The molecule has 9 heteroatoms. The van der Waals surface area contributed by atoms with Crippen molar-refractivity contribution in [3.63, 3.8) is 0 Å². The van der Waals surface area contributed by atoms with Gasteiger partial charge in [-0.15, -0.1) is 0 Å². The lowest BCUT2D eigenvalue weighted by atomic mass is 9.83. The first-order valence-corrected chi connectivity index (χ1v) is 11.0. The van der Waals surface area contributed by atoms with Crippen molar-refractivity contribution in [3.05, 3.63) is 75.5 Å². The molecule has 1 atom stereocenters. The highest BCUT2D eigenvalue weighted by Gasteiger charge is 2.36. The zero-order chi connectivity index (χ0) is 25.1. The van der Waals surface area contributed by atoms with Crippen LogP contribution in [0.2, 0.25) is 0 Å². The van der Waals surface area contributed by atoms with Crippen molar-refractivity contribution >= 4 is 23.0 Å². The molecule has 3 aromatic carbocycles. The van der Waals surface area contributed by atoms with E-state index < -0.39 is 40.3 Å². The minimum Gasteiger partial charge on any atom is -0.507 e. The second-order valence-corrected chi connectivity index (χ2v) is 8.60. The van der Waals surface area contributed by atoms with E-state index in [9.17, 15) is 30.0 Å². The van der Waals surface area contributed by atoms with Crippen LogP contribution in [0.3, 0.4) is 0 Å². The Balaban J connectivity index is 1.63. The third-order valence-corrected chi connectivity index (χ3v) is 6.40. The number of fused-ring (bicyclic) bond motifs is 4. The summed E-state index contributed by atoms with van der Waals surface area (Å²) in [5.41, 5.74) is 1.02. The van der Waals surface area contributed by atoms with Gasteiger partial charge in [-0.05, 0) is 35.9 Å². The number of carbonyl (C=O) groups is 1. The van der Waals surface area contributed by atoms with Crippen LogP contribution >= 0.6 is 0 Å². The predicted octanol–water partition coefficient (Wildman–Crippen LogP) is 4.15. The number of aromatic hydroxyl groups is 4. The largest absolute Gasteiger partial charge is 0.507 e. The van der Waals surface area contributed by atoms with Crippen LogP contribution in [0.4, 0.5) is 0 Å². The normalized spacial score (nSPS) is 16.5. The molecule has 1 aromatic heterocycles. The van der Waals surface area contributed by atoms with Crippen LogP contribution in [0.1, 0.15) is 23.5 Å². The van der Waals surface area contributed by atoms with Gasteiger partial charge in [0.15, 0.2) is 17.3 Å². The monoisotopic (exact) mass is 486 g/mol. The van der Waals surface area contributed by atoms with E-state index in [-0.39, 0.29) is 41.1 Å². The van der Waals surface area contributed by atoms with E-state index in [4.69, 9.17) is 13.9 Å². The van der Waals surface area contributed by atoms with E-state index in [2.05, 4.69) is 0 Å². The highest BCUT2D eigenvalue weighted by Crippen LogP contribution is 2.48. The lowest BCUT2D eigenvalue weighted by Gasteiger charge is -2.29. The fourth-order valence-corrected chi connectivity index (χ4v) is 4.69. The van der Waals surface area contributed by atoms with Gasteiger partial charge in [0.25, 0.3) is 0 Å². The van der Waals surface area contributed by atoms with Gasteiger partial charge < -0.3 is 34.3 Å². The van der Waals surface area contributed by atoms with Gasteiger partial charge in [0, 0.05) is 28.7 Å². The quantitative estimate of drug-likeness (QED) is 0.186. The van der Waals surface area contributed by atoms with Crippen molar-refractivity contribution in [2.75, 3.05) is 6.61 Å². The average Bonchev–Trinajstić information content (AvgIpc) is 2.86. The SMILES string of the molecule is O=C1C[C@H](C2=Cc3ccccc3OC2)c2c(cc(O)c3c(=O)c(O)c(-c4ccc(O)c(O)c4)oc23)O1. The maximum Gasteiger partial charge on any atom is 0.312 e. The molecular formula is C27H18O9. The number of hydrogen-bond acceptors (Lipinski definition) is 9. The zero-order valence-corrected chi connectivity index (χ0v) is 18.5. The molecule has 3 heterocycles. The van der Waals surface area contributed by atoms with Crippen LogP contribution in [0.15, 0.2) is 63.3 Å². The van der Waals surface area contributed by atoms with Gasteiger partial charge >= 0.3 is 5.97 Å². The van der Waals surface area contributed by atoms with Crippen molar-refractivity contribution in [2.45, 2.75) is 12.3 Å². The number of hydrogen-bond donors (Lipinski definition) is 4. The molecule has 0 bridgehead atoms. The van der Waals surface area contributed by atoms with Crippen LogP contribution in [0.25, 0.3) is 28.4 Å². The minimum absolute atomic E-state index is 0.0225. The van der Waals surface area contributed by atoms with Crippen LogP contribution in [0, 0.1) is 0 Å². The standard InChI is InChI=1S/C27H18O9/c28-16-6-5-13(8-17(16)29)26-25(33)24(32)23-18(30)10-20-22(27(23)36-26)15(9-21(31)35-20)14-7-12-3-1-2-4-19(12)34-11-14/h1-8,10,15,28-30,33H,9,11H2/t15-/m1/s1. The van der Waals surface area contributed by atoms with E-state index >= 15 is 0 Å². The molecule has 0 amide bonds.